The van der Waals surface area contributed by atoms with Gasteiger partial charge in [-0.15, -0.1) is 10.2 Å². The summed E-state index contributed by atoms with van der Waals surface area (Å²) in [5.74, 6) is 0.625. The molecule has 1 fully saturated rings. The van der Waals surface area contributed by atoms with E-state index in [0.717, 1.165) is 6.42 Å². The van der Waals surface area contributed by atoms with Gasteiger partial charge < -0.3 is 9.47 Å². The van der Waals surface area contributed by atoms with E-state index in [0.29, 0.717) is 25.6 Å². The number of methoxy groups -OCH3 is 1. The third-order valence-corrected chi connectivity index (χ3v) is 3.89. The van der Waals surface area contributed by atoms with Gasteiger partial charge in [0.05, 0.1) is 19.3 Å². The van der Waals surface area contributed by atoms with Crippen LogP contribution in [0.5, 0.6) is 0 Å². The molecule has 1 aromatic heterocycles. The van der Waals surface area contributed by atoms with Crippen LogP contribution in [-0.2, 0) is 26.0 Å². The Kier molecular flexibility index (Phi) is 4.19. The molecule has 0 saturated carbocycles. The molecular weight excluding hydrogens is 272 g/mol. The van der Waals surface area contributed by atoms with E-state index in [1.54, 1.807) is 7.11 Å². The molecule has 0 bridgehead atoms. The van der Waals surface area contributed by atoms with Gasteiger partial charge in [0.2, 0.25) is 0 Å². The number of primary sulfonamides is 1. The number of hydrogen-bond donors (Lipinski definition) is 1. The van der Waals surface area contributed by atoms with E-state index in [9.17, 15) is 8.42 Å². The van der Waals surface area contributed by atoms with Gasteiger partial charge >= 0.3 is 0 Å². The highest BCUT2D eigenvalue weighted by molar-refractivity contribution is 7.89. The fraction of sp³-hybridized carbons (Fsp3) is 0.800. The third kappa shape index (κ3) is 3.11. The molecule has 2 atom stereocenters. The lowest BCUT2D eigenvalue weighted by Gasteiger charge is -2.11. The van der Waals surface area contributed by atoms with Crippen molar-refractivity contribution in [1.82, 2.24) is 14.8 Å². The zero-order valence-corrected chi connectivity index (χ0v) is 11.8. The molecule has 1 aromatic rings. The van der Waals surface area contributed by atoms with Gasteiger partial charge in [-0.05, 0) is 13.3 Å². The average Bonchev–Trinajstić information content (AvgIpc) is 2.91. The van der Waals surface area contributed by atoms with Crippen LogP contribution in [0.1, 0.15) is 25.1 Å². The second-order valence-corrected chi connectivity index (χ2v) is 6.06. The van der Waals surface area contributed by atoms with Crippen LogP contribution in [0.2, 0.25) is 0 Å². The van der Waals surface area contributed by atoms with Crippen molar-refractivity contribution in [3.8, 4) is 0 Å². The number of aromatic nitrogens is 3. The Morgan fingerprint density at radius 1 is 1.53 bits per heavy atom. The lowest BCUT2D eigenvalue weighted by molar-refractivity contribution is 0.123. The van der Waals surface area contributed by atoms with E-state index >= 15 is 0 Å². The average molecular weight is 290 g/mol. The maximum atomic E-state index is 11.5. The van der Waals surface area contributed by atoms with Crippen LogP contribution >= 0.6 is 0 Å². The Bertz CT molecular complexity index is 542. The van der Waals surface area contributed by atoms with E-state index in [4.69, 9.17) is 14.6 Å². The molecule has 0 amide bonds. The van der Waals surface area contributed by atoms with Crippen molar-refractivity contribution in [3.63, 3.8) is 0 Å². The normalized spacial score (nSPS) is 23.9. The minimum absolute atomic E-state index is 0.0369. The third-order valence-electron chi connectivity index (χ3n) is 3.08. The first kappa shape index (κ1) is 14.4. The monoisotopic (exact) mass is 290 g/mol. The van der Waals surface area contributed by atoms with Crippen molar-refractivity contribution in [2.45, 2.75) is 37.1 Å². The molecule has 2 N–H and O–H groups in total. The number of hydrogen-bond acceptors (Lipinski definition) is 6. The molecule has 0 spiro atoms. The van der Waals surface area contributed by atoms with Crippen LogP contribution in [0, 0.1) is 0 Å². The standard InChI is InChI=1S/C10H18N4O4S/c1-7-5-8(6-18-7)9-12-13-10(19(11,15)16)14(9)3-4-17-2/h7-8H,3-6H2,1-2H3,(H2,11,15,16). The quantitative estimate of drug-likeness (QED) is 0.780. The summed E-state index contributed by atoms with van der Waals surface area (Å²) in [7, 11) is -2.35. The minimum atomic E-state index is -3.89. The summed E-state index contributed by atoms with van der Waals surface area (Å²) >= 11 is 0. The smallest absolute Gasteiger partial charge is 0.273 e. The van der Waals surface area contributed by atoms with E-state index < -0.39 is 10.0 Å². The van der Waals surface area contributed by atoms with Gasteiger partial charge in [-0.25, -0.2) is 13.6 Å². The van der Waals surface area contributed by atoms with Crippen LogP contribution in [0.4, 0.5) is 0 Å². The zero-order valence-electron chi connectivity index (χ0n) is 10.9. The van der Waals surface area contributed by atoms with Crippen LogP contribution in [0.3, 0.4) is 0 Å². The topological polar surface area (TPSA) is 109 Å². The van der Waals surface area contributed by atoms with Crippen molar-refractivity contribution in [2.75, 3.05) is 20.3 Å². The van der Waals surface area contributed by atoms with Crippen molar-refractivity contribution in [2.24, 2.45) is 5.14 Å². The molecule has 1 aliphatic heterocycles. The van der Waals surface area contributed by atoms with Gasteiger partial charge in [0.15, 0.2) is 0 Å². The number of sulfonamides is 1. The molecule has 1 saturated heterocycles. The fourth-order valence-corrected chi connectivity index (χ4v) is 2.85. The molecule has 2 rings (SSSR count). The van der Waals surface area contributed by atoms with Gasteiger partial charge in [0.25, 0.3) is 15.2 Å². The summed E-state index contributed by atoms with van der Waals surface area (Å²) in [5.41, 5.74) is 0. The summed E-state index contributed by atoms with van der Waals surface area (Å²) in [6, 6.07) is 0. The summed E-state index contributed by atoms with van der Waals surface area (Å²) in [4.78, 5) is 0. The zero-order chi connectivity index (χ0) is 14.0. The molecular formula is C10H18N4O4S. The number of ether oxygens (including phenoxy) is 2. The lowest BCUT2D eigenvalue weighted by Crippen LogP contribution is -2.22. The largest absolute Gasteiger partial charge is 0.383 e. The van der Waals surface area contributed by atoms with Gasteiger partial charge in [-0.3, -0.25) is 4.57 Å². The molecule has 0 radical (unpaired) electrons. The number of nitrogens with two attached hydrogens (primary N) is 1. The predicted octanol–water partition coefficient (Wildman–Crippen LogP) is -0.536. The fourth-order valence-electron chi connectivity index (χ4n) is 2.20. The van der Waals surface area contributed by atoms with Crippen molar-refractivity contribution >= 4 is 10.0 Å². The maximum absolute atomic E-state index is 11.5. The summed E-state index contributed by atoms with van der Waals surface area (Å²) < 4.78 is 34.9. The van der Waals surface area contributed by atoms with Crippen molar-refractivity contribution in [3.05, 3.63) is 5.82 Å². The second kappa shape index (κ2) is 5.53. The molecule has 108 valence electrons. The summed E-state index contributed by atoms with van der Waals surface area (Å²) in [5, 5.41) is 12.6. The van der Waals surface area contributed by atoms with E-state index in [2.05, 4.69) is 10.2 Å². The van der Waals surface area contributed by atoms with Gasteiger partial charge in [-0.1, -0.05) is 0 Å². The van der Waals surface area contributed by atoms with E-state index in [1.807, 2.05) is 6.92 Å². The first-order chi connectivity index (χ1) is 8.93. The molecule has 0 aliphatic carbocycles. The highest BCUT2D eigenvalue weighted by atomic mass is 32.2. The molecule has 2 unspecified atom stereocenters. The Morgan fingerprint density at radius 3 is 2.79 bits per heavy atom. The van der Waals surface area contributed by atoms with E-state index in [1.165, 1.54) is 4.57 Å². The first-order valence-corrected chi connectivity index (χ1v) is 7.54. The predicted molar refractivity (Wildman–Crippen MR) is 66.0 cm³/mol. The van der Waals surface area contributed by atoms with Crippen LogP contribution in [0.15, 0.2) is 5.16 Å². The summed E-state index contributed by atoms with van der Waals surface area (Å²) in [6.45, 7) is 3.18. The van der Waals surface area contributed by atoms with Gasteiger partial charge in [-0.2, -0.15) is 0 Å². The Labute approximate surface area is 111 Å². The Balaban J connectivity index is 2.35. The SMILES string of the molecule is COCCn1c(C2COC(C)C2)nnc1S(N)(=O)=O. The van der Waals surface area contributed by atoms with Crippen LogP contribution in [-0.4, -0.2) is 49.6 Å². The number of rotatable bonds is 5. The Hall–Kier alpha value is -1.03. The van der Waals surface area contributed by atoms with Gasteiger partial charge in [0.1, 0.15) is 5.82 Å². The molecule has 9 heteroatoms. The highest BCUT2D eigenvalue weighted by Gasteiger charge is 2.31. The summed E-state index contributed by atoms with van der Waals surface area (Å²) in [6.07, 6.45) is 0.922. The molecule has 1 aliphatic rings. The van der Waals surface area contributed by atoms with Crippen LogP contribution in [0.25, 0.3) is 0 Å². The Morgan fingerprint density at radius 2 is 2.26 bits per heavy atom. The number of nitrogens with zero attached hydrogens (tertiary/aromatic N) is 3. The van der Waals surface area contributed by atoms with Crippen molar-refractivity contribution < 1.29 is 17.9 Å². The molecule has 0 aromatic carbocycles. The second-order valence-electron chi connectivity index (χ2n) is 4.61. The lowest BCUT2D eigenvalue weighted by atomic mass is 10.1. The molecule has 19 heavy (non-hydrogen) atoms. The van der Waals surface area contributed by atoms with Crippen LogP contribution < -0.4 is 5.14 Å². The first-order valence-electron chi connectivity index (χ1n) is 6.00. The highest BCUT2D eigenvalue weighted by Crippen LogP contribution is 2.28. The molecule has 8 nitrogen and oxygen atoms in total. The minimum Gasteiger partial charge on any atom is -0.383 e. The van der Waals surface area contributed by atoms with Crippen molar-refractivity contribution in [1.29, 1.82) is 0 Å². The van der Waals surface area contributed by atoms with Gasteiger partial charge in [0, 0.05) is 19.6 Å². The maximum Gasteiger partial charge on any atom is 0.273 e. The molecule has 2 heterocycles. The van der Waals surface area contributed by atoms with E-state index in [-0.39, 0.29) is 17.2 Å².